The van der Waals surface area contributed by atoms with E-state index in [4.69, 9.17) is 4.42 Å². The van der Waals surface area contributed by atoms with E-state index in [9.17, 15) is 9.90 Å². The first-order valence-corrected chi connectivity index (χ1v) is 12.2. The standard InChI is InChI=1S/C25H27BrO3S/c1-3-20(23-11-4-15(2)30-23)24-21(27)14-22(29-25(24)28)18(12-16-5-6-16)13-17-7-9-19(26)10-8-17/h4,7-11,14,16,18,20,27H,3,5-6,12-13H2,1-2H3. The van der Waals surface area contributed by atoms with Gasteiger partial charge in [-0.3, -0.25) is 0 Å². The summed E-state index contributed by atoms with van der Waals surface area (Å²) in [6, 6.07) is 14.1. The van der Waals surface area contributed by atoms with Crippen molar-refractivity contribution < 1.29 is 9.52 Å². The molecule has 4 rings (SSSR count). The fraction of sp³-hybridized carbons (Fsp3) is 0.400. The van der Waals surface area contributed by atoms with Crippen LogP contribution in [0.1, 0.15) is 71.1 Å². The van der Waals surface area contributed by atoms with Gasteiger partial charge in [0.15, 0.2) is 0 Å². The molecule has 0 radical (unpaired) electrons. The maximum absolute atomic E-state index is 13.0. The van der Waals surface area contributed by atoms with E-state index in [1.54, 1.807) is 17.4 Å². The van der Waals surface area contributed by atoms with Gasteiger partial charge < -0.3 is 9.52 Å². The van der Waals surface area contributed by atoms with Gasteiger partial charge >= 0.3 is 5.63 Å². The largest absolute Gasteiger partial charge is 0.507 e. The van der Waals surface area contributed by atoms with Gasteiger partial charge in [0.05, 0.1) is 5.56 Å². The topological polar surface area (TPSA) is 50.4 Å². The Morgan fingerprint density at radius 1 is 1.20 bits per heavy atom. The fourth-order valence-corrected chi connectivity index (χ4v) is 5.51. The average molecular weight is 487 g/mol. The lowest BCUT2D eigenvalue weighted by Gasteiger charge is -2.19. The maximum atomic E-state index is 13.0. The first kappa shape index (κ1) is 21.4. The van der Waals surface area contributed by atoms with E-state index in [0.29, 0.717) is 17.2 Å². The molecule has 0 spiro atoms. The summed E-state index contributed by atoms with van der Waals surface area (Å²) in [5, 5.41) is 10.9. The van der Waals surface area contributed by atoms with Crippen LogP contribution in [-0.4, -0.2) is 5.11 Å². The van der Waals surface area contributed by atoms with Crippen molar-refractivity contribution in [3.63, 3.8) is 0 Å². The highest BCUT2D eigenvalue weighted by atomic mass is 79.9. The summed E-state index contributed by atoms with van der Waals surface area (Å²) in [5.74, 6) is 1.32. The molecule has 5 heteroatoms. The monoisotopic (exact) mass is 486 g/mol. The second kappa shape index (κ2) is 9.11. The van der Waals surface area contributed by atoms with Gasteiger partial charge in [0.1, 0.15) is 11.5 Å². The Bertz CT molecular complexity index is 1060. The number of benzene rings is 1. The molecule has 2 unspecified atom stereocenters. The number of hydrogen-bond acceptors (Lipinski definition) is 4. The number of thiophene rings is 1. The van der Waals surface area contributed by atoms with Crippen LogP contribution in [0.4, 0.5) is 0 Å². The molecule has 1 aliphatic carbocycles. The minimum absolute atomic E-state index is 0.0655. The first-order valence-electron chi connectivity index (χ1n) is 10.6. The number of hydrogen-bond donors (Lipinski definition) is 1. The quantitative estimate of drug-likeness (QED) is 0.367. The minimum atomic E-state index is -0.403. The second-order valence-corrected chi connectivity index (χ2v) is 10.6. The zero-order chi connectivity index (χ0) is 21.3. The SMILES string of the molecule is CCC(c1ccc(C)s1)c1c(O)cc(C(Cc2ccc(Br)cc2)CC2CC2)oc1=O. The van der Waals surface area contributed by atoms with Crippen molar-refractivity contribution in [1.82, 2.24) is 0 Å². The molecule has 0 amide bonds. The van der Waals surface area contributed by atoms with Gasteiger partial charge in [0.2, 0.25) is 0 Å². The van der Waals surface area contributed by atoms with Crippen molar-refractivity contribution in [2.75, 3.05) is 0 Å². The highest BCUT2D eigenvalue weighted by Crippen LogP contribution is 2.42. The third kappa shape index (κ3) is 4.89. The Balaban J connectivity index is 1.66. The van der Waals surface area contributed by atoms with Crippen molar-refractivity contribution >= 4 is 27.3 Å². The molecule has 3 nitrogen and oxygen atoms in total. The average Bonchev–Trinajstić information content (AvgIpc) is 3.43. The Morgan fingerprint density at radius 2 is 1.93 bits per heavy atom. The van der Waals surface area contributed by atoms with E-state index in [1.807, 2.05) is 25.1 Å². The molecule has 2 aromatic heterocycles. The number of halogens is 1. The van der Waals surface area contributed by atoms with Gasteiger partial charge in [0, 0.05) is 32.1 Å². The Kier molecular flexibility index (Phi) is 6.49. The normalized spacial score (nSPS) is 15.8. The van der Waals surface area contributed by atoms with E-state index in [2.05, 4.69) is 41.1 Å². The summed E-state index contributed by atoms with van der Waals surface area (Å²) in [7, 11) is 0. The lowest BCUT2D eigenvalue weighted by molar-refractivity contribution is 0.372. The molecule has 1 N–H and O–H groups in total. The molecule has 158 valence electrons. The molecular weight excluding hydrogens is 460 g/mol. The Hall–Kier alpha value is -1.85. The molecule has 1 aromatic carbocycles. The maximum Gasteiger partial charge on any atom is 0.343 e. The molecule has 0 aliphatic heterocycles. The van der Waals surface area contributed by atoms with Crippen LogP contribution in [0.25, 0.3) is 0 Å². The minimum Gasteiger partial charge on any atom is -0.507 e. The summed E-state index contributed by atoms with van der Waals surface area (Å²) in [4.78, 5) is 15.3. The molecule has 1 aliphatic rings. The molecule has 30 heavy (non-hydrogen) atoms. The lowest BCUT2D eigenvalue weighted by Crippen LogP contribution is -2.16. The van der Waals surface area contributed by atoms with E-state index in [1.165, 1.54) is 23.3 Å². The van der Waals surface area contributed by atoms with Gasteiger partial charge in [-0.2, -0.15) is 0 Å². The van der Waals surface area contributed by atoms with Crippen LogP contribution in [0.15, 0.2) is 56.1 Å². The number of aromatic hydroxyl groups is 1. The van der Waals surface area contributed by atoms with Crippen molar-refractivity contribution in [2.45, 2.75) is 57.8 Å². The molecule has 2 heterocycles. The van der Waals surface area contributed by atoms with Gasteiger partial charge in [-0.25, -0.2) is 4.79 Å². The highest BCUT2D eigenvalue weighted by molar-refractivity contribution is 9.10. The smallest absolute Gasteiger partial charge is 0.343 e. The third-order valence-corrected chi connectivity index (χ3v) is 7.60. The lowest BCUT2D eigenvalue weighted by atomic mass is 9.90. The van der Waals surface area contributed by atoms with Crippen molar-refractivity contribution in [1.29, 1.82) is 0 Å². The van der Waals surface area contributed by atoms with E-state index in [-0.39, 0.29) is 17.6 Å². The zero-order valence-electron chi connectivity index (χ0n) is 17.4. The second-order valence-electron chi connectivity index (χ2n) is 8.35. The van der Waals surface area contributed by atoms with Gasteiger partial charge in [0.25, 0.3) is 0 Å². The van der Waals surface area contributed by atoms with Crippen LogP contribution in [0.3, 0.4) is 0 Å². The van der Waals surface area contributed by atoms with Crippen LogP contribution in [0.5, 0.6) is 5.75 Å². The predicted octanol–water partition coefficient (Wildman–Crippen LogP) is 7.15. The fourth-order valence-electron chi connectivity index (χ4n) is 4.18. The molecule has 0 bridgehead atoms. The van der Waals surface area contributed by atoms with Crippen LogP contribution in [-0.2, 0) is 6.42 Å². The van der Waals surface area contributed by atoms with Gasteiger partial charge in [-0.15, -0.1) is 11.3 Å². The summed E-state index contributed by atoms with van der Waals surface area (Å²) < 4.78 is 6.92. The van der Waals surface area contributed by atoms with Crippen molar-refractivity contribution in [2.24, 2.45) is 5.92 Å². The molecular formula is C25H27BrO3S. The molecule has 3 aromatic rings. The molecule has 2 atom stereocenters. The molecule has 1 saturated carbocycles. The summed E-state index contributed by atoms with van der Waals surface area (Å²) in [6.07, 6.45) is 5.00. The summed E-state index contributed by atoms with van der Waals surface area (Å²) >= 11 is 5.15. The van der Waals surface area contributed by atoms with Crippen LogP contribution in [0, 0.1) is 12.8 Å². The molecule has 0 saturated heterocycles. The Labute approximate surface area is 189 Å². The van der Waals surface area contributed by atoms with Crippen LogP contribution < -0.4 is 5.63 Å². The Morgan fingerprint density at radius 3 is 2.50 bits per heavy atom. The zero-order valence-corrected chi connectivity index (χ0v) is 19.8. The predicted molar refractivity (Wildman–Crippen MR) is 126 cm³/mol. The number of aryl methyl sites for hydroxylation is 1. The summed E-state index contributed by atoms with van der Waals surface area (Å²) in [6.45, 7) is 4.09. The van der Waals surface area contributed by atoms with E-state index < -0.39 is 5.63 Å². The van der Waals surface area contributed by atoms with Crippen LogP contribution >= 0.6 is 27.3 Å². The number of rotatable bonds is 8. The van der Waals surface area contributed by atoms with Crippen LogP contribution in [0.2, 0.25) is 0 Å². The van der Waals surface area contributed by atoms with Crippen molar-refractivity contribution in [3.8, 4) is 5.75 Å². The van der Waals surface area contributed by atoms with Crippen molar-refractivity contribution in [3.05, 3.63) is 84.0 Å². The van der Waals surface area contributed by atoms with Gasteiger partial charge in [-0.1, -0.05) is 47.8 Å². The molecule has 1 fully saturated rings. The van der Waals surface area contributed by atoms with E-state index in [0.717, 1.165) is 28.6 Å². The van der Waals surface area contributed by atoms with E-state index >= 15 is 0 Å². The van der Waals surface area contributed by atoms with Gasteiger partial charge in [-0.05, 0) is 61.9 Å². The third-order valence-electron chi connectivity index (χ3n) is 5.96. The first-order chi connectivity index (χ1) is 14.4. The summed E-state index contributed by atoms with van der Waals surface area (Å²) in [5.41, 5.74) is 1.19. The highest BCUT2D eigenvalue weighted by Gasteiger charge is 2.30.